The van der Waals surface area contributed by atoms with Gasteiger partial charge in [0.25, 0.3) is 0 Å². The Bertz CT molecular complexity index is 254. The van der Waals surface area contributed by atoms with Crippen molar-refractivity contribution in [3.8, 4) is 0 Å². The first-order chi connectivity index (χ1) is 6.18. The largest absolute Gasteiger partial charge is 0.312 e. The van der Waals surface area contributed by atoms with Gasteiger partial charge in [-0.25, -0.2) is 0 Å². The number of nitrogens with one attached hydrogen (secondary N) is 1. The number of carbonyl (C=O) groups excluding carboxylic acids is 1. The lowest BCUT2D eigenvalue weighted by Gasteiger charge is -2.24. The Morgan fingerprint density at radius 1 is 1.46 bits per heavy atom. The topological polar surface area (TPSA) is 41.5 Å². The Labute approximate surface area is 78.6 Å². The second-order valence-corrected chi connectivity index (χ2v) is 4.32. The molecule has 1 atom stereocenters. The average molecular weight is 180 g/mol. The van der Waals surface area contributed by atoms with Crippen LogP contribution in [0, 0.1) is 11.8 Å². The summed E-state index contributed by atoms with van der Waals surface area (Å²) in [5.74, 6) is 1.91. The summed E-state index contributed by atoms with van der Waals surface area (Å²) in [5, 5.41) is 2.90. The minimum atomic E-state index is -0.129. The monoisotopic (exact) mass is 180 g/mol. The number of hydrogen-bond donors (Lipinski definition) is 1. The van der Waals surface area contributed by atoms with E-state index in [1.165, 1.54) is 19.3 Å². The minimum absolute atomic E-state index is 0.0944. The van der Waals surface area contributed by atoms with Crippen LogP contribution in [-0.2, 0) is 4.79 Å². The molecule has 1 heterocycles. The normalized spacial score (nSPS) is 28.7. The first-order valence-corrected chi connectivity index (χ1v) is 5.07. The number of rotatable bonds is 2. The number of amides is 1. The molecule has 1 fully saturated rings. The first kappa shape index (κ1) is 8.73. The zero-order valence-corrected chi connectivity index (χ0v) is 8.21. The number of nitrogens with zero attached hydrogens (tertiary/aromatic N) is 1. The van der Waals surface area contributed by atoms with Crippen LogP contribution in [0.4, 0.5) is 0 Å². The second kappa shape index (κ2) is 3.13. The smallest absolute Gasteiger partial charge is 0.250 e. The van der Waals surface area contributed by atoms with Gasteiger partial charge in [0.2, 0.25) is 5.91 Å². The summed E-state index contributed by atoms with van der Waals surface area (Å²) in [7, 11) is 0. The SMILES string of the molecule is CC(C)C1N=C(C2CCC2)NC1=O. The number of hydrogen-bond acceptors (Lipinski definition) is 2. The summed E-state index contributed by atoms with van der Waals surface area (Å²) < 4.78 is 0. The zero-order chi connectivity index (χ0) is 9.42. The number of aliphatic imine (C=N–C) groups is 1. The fourth-order valence-corrected chi connectivity index (χ4v) is 1.78. The fraction of sp³-hybridized carbons (Fsp3) is 0.800. The third-order valence-electron chi connectivity index (χ3n) is 2.92. The van der Waals surface area contributed by atoms with E-state index in [1.54, 1.807) is 0 Å². The van der Waals surface area contributed by atoms with Crippen molar-refractivity contribution < 1.29 is 4.79 Å². The minimum Gasteiger partial charge on any atom is -0.312 e. The highest BCUT2D eigenvalue weighted by Crippen LogP contribution is 2.29. The standard InChI is InChI=1S/C10H16N2O/c1-6(2)8-10(13)12-9(11-8)7-4-3-5-7/h6-8H,3-5H2,1-2H3,(H,11,12,13). The molecule has 1 unspecified atom stereocenters. The maximum absolute atomic E-state index is 11.4. The third kappa shape index (κ3) is 1.47. The van der Waals surface area contributed by atoms with E-state index in [4.69, 9.17) is 0 Å². The van der Waals surface area contributed by atoms with Crippen molar-refractivity contribution in [2.24, 2.45) is 16.8 Å². The summed E-state index contributed by atoms with van der Waals surface area (Å²) in [6.45, 7) is 4.08. The van der Waals surface area contributed by atoms with E-state index in [2.05, 4.69) is 10.3 Å². The van der Waals surface area contributed by atoms with Crippen LogP contribution in [0.1, 0.15) is 33.1 Å². The van der Waals surface area contributed by atoms with Gasteiger partial charge < -0.3 is 5.32 Å². The predicted octanol–water partition coefficient (Wildman–Crippen LogP) is 1.34. The van der Waals surface area contributed by atoms with Gasteiger partial charge in [-0.3, -0.25) is 9.79 Å². The van der Waals surface area contributed by atoms with Crippen molar-refractivity contribution >= 4 is 11.7 Å². The summed E-state index contributed by atoms with van der Waals surface area (Å²) >= 11 is 0. The molecule has 1 amide bonds. The molecule has 0 aromatic rings. The number of amidine groups is 1. The average Bonchev–Trinajstić information content (AvgIpc) is 2.27. The van der Waals surface area contributed by atoms with Crippen molar-refractivity contribution in [2.75, 3.05) is 0 Å². The second-order valence-electron chi connectivity index (χ2n) is 4.32. The van der Waals surface area contributed by atoms with Crippen molar-refractivity contribution in [3.63, 3.8) is 0 Å². The Kier molecular flexibility index (Phi) is 2.10. The van der Waals surface area contributed by atoms with Gasteiger partial charge >= 0.3 is 0 Å². The molecule has 0 spiro atoms. The quantitative estimate of drug-likeness (QED) is 0.684. The molecule has 3 nitrogen and oxygen atoms in total. The van der Waals surface area contributed by atoms with Crippen molar-refractivity contribution in [2.45, 2.75) is 39.2 Å². The molecular formula is C10H16N2O. The lowest BCUT2D eigenvalue weighted by atomic mass is 9.84. The molecule has 1 aliphatic heterocycles. The van der Waals surface area contributed by atoms with Crippen LogP contribution >= 0.6 is 0 Å². The fourth-order valence-electron chi connectivity index (χ4n) is 1.78. The van der Waals surface area contributed by atoms with Crippen LogP contribution in [0.3, 0.4) is 0 Å². The van der Waals surface area contributed by atoms with Gasteiger partial charge in [-0.2, -0.15) is 0 Å². The summed E-state index contributed by atoms with van der Waals surface area (Å²) in [5.41, 5.74) is 0. The summed E-state index contributed by atoms with van der Waals surface area (Å²) in [4.78, 5) is 15.9. The van der Waals surface area contributed by atoms with Crippen molar-refractivity contribution in [1.29, 1.82) is 0 Å². The van der Waals surface area contributed by atoms with Gasteiger partial charge in [0.1, 0.15) is 11.9 Å². The molecule has 0 saturated heterocycles. The van der Waals surface area contributed by atoms with Crippen LogP contribution in [0.2, 0.25) is 0 Å². The van der Waals surface area contributed by atoms with Crippen LogP contribution < -0.4 is 5.32 Å². The Balaban J connectivity index is 2.06. The molecule has 72 valence electrons. The highest BCUT2D eigenvalue weighted by Gasteiger charge is 2.34. The number of carbonyl (C=O) groups is 1. The molecule has 2 aliphatic rings. The Hall–Kier alpha value is -0.860. The van der Waals surface area contributed by atoms with Crippen molar-refractivity contribution in [3.05, 3.63) is 0 Å². The molecule has 1 N–H and O–H groups in total. The van der Waals surface area contributed by atoms with E-state index in [1.807, 2.05) is 13.8 Å². The molecule has 13 heavy (non-hydrogen) atoms. The molecular weight excluding hydrogens is 164 g/mol. The summed E-state index contributed by atoms with van der Waals surface area (Å²) in [6.07, 6.45) is 3.68. The van der Waals surface area contributed by atoms with Gasteiger partial charge in [0.05, 0.1) is 0 Å². The Morgan fingerprint density at radius 3 is 2.54 bits per heavy atom. The maximum Gasteiger partial charge on any atom is 0.250 e. The Morgan fingerprint density at radius 2 is 2.15 bits per heavy atom. The van der Waals surface area contributed by atoms with Gasteiger partial charge in [0.15, 0.2) is 0 Å². The van der Waals surface area contributed by atoms with Gasteiger partial charge in [0, 0.05) is 5.92 Å². The molecule has 3 heteroatoms. The molecule has 1 saturated carbocycles. The van der Waals surface area contributed by atoms with Gasteiger partial charge in [-0.15, -0.1) is 0 Å². The van der Waals surface area contributed by atoms with Gasteiger partial charge in [-0.1, -0.05) is 20.3 Å². The van der Waals surface area contributed by atoms with Crippen LogP contribution in [0.5, 0.6) is 0 Å². The highest BCUT2D eigenvalue weighted by atomic mass is 16.2. The van der Waals surface area contributed by atoms with Crippen LogP contribution in [0.25, 0.3) is 0 Å². The summed E-state index contributed by atoms with van der Waals surface area (Å²) in [6, 6.07) is -0.129. The van der Waals surface area contributed by atoms with E-state index >= 15 is 0 Å². The van der Waals surface area contributed by atoms with E-state index in [0.717, 1.165) is 5.84 Å². The molecule has 2 rings (SSSR count). The lowest BCUT2D eigenvalue weighted by molar-refractivity contribution is -0.120. The predicted molar refractivity (Wildman–Crippen MR) is 51.5 cm³/mol. The van der Waals surface area contributed by atoms with Crippen LogP contribution in [-0.4, -0.2) is 17.8 Å². The molecule has 0 radical (unpaired) electrons. The first-order valence-electron chi connectivity index (χ1n) is 5.07. The maximum atomic E-state index is 11.4. The lowest BCUT2D eigenvalue weighted by Crippen LogP contribution is -2.36. The van der Waals surface area contributed by atoms with Gasteiger partial charge in [-0.05, 0) is 18.8 Å². The zero-order valence-electron chi connectivity index (χ0n) is 8.21. The van der Waals surface area contributed by atoms with Crippen molar-refractivity contribution in [1.82, 2.24) is 5.32 Å². The van der Waals surface area contributed by atoms with E-state index < -0.39 is 0 Å². The molecule has 0 aromatic heterocycles. The molecule has 1 aliphatic carbocycles. The highest BCUT2D eigenvalue weighted by molar-refractivity contribution is 6.07. The van der Waals surface area contributed by atoms with E-state index in [9.17, 15) is 4.79 Å². The van der Waals surface area contributed by atoms with E-state index in [-0.39, 0.29) is 11.9 Å². The van der Waals surface area contributed by atoms with Crippen LogP contribution in [0.15, 0.2) is 4.99 Å². The molecule has 0 aromatic carbocycles. The molecule has 0 bridgehead atoms. The van der Waals surface area contributed by atoms with E-state index in [0.29, 0.717) is 11.8 Å². The third-order valence-corrected chi connectivity index (χ3v) is 2.92.